The number of hydrogen-bond acceptors (Lipinski definition) is 9. The highest BCUT2D eigenvalue weighted by Gasteiger charge is 2.52. The standard InChI is InChI=1S/C29H32ClF5N6O3/c1-27(42)10-16-3-6-43-25-19-23(21(32)22(37-25)17-7-15(36)8-18(30)20(17)29(33,34)35)38-26(39-24(19)41(16)12-27)44-13-28-4-2-5-40(28)11-14(31)9-28/h7-8,14,16,19,25,42H,2-6,9-13,36H2,1H3/t14-,16?,19?,25?,27?,28+/m1/s1. The Hall–Kier alpha value is -2.81. The van der Waals surface area contributed by atoms with Crippen LogP contribution in [0, 0.1) is 5.92 Å². The van der Waals surface area contributed by atoms with Gasteiger partial charge in [0.1, 0.15) is 30.2 Å². The summed E-state index contributed by atoms with van der Waals surface area (Å²) in [7, 11) is 0. The second-order valence-electron chi connectivity index (χ2n) is 12.8. The topological polar surface area (TPSA) is 108 Å². The number of aliphatic imine (C=N–C) groups is 3. The van der Waals surface area contributed by atoms with Gasteiger partial charge in [0.15, 0.2) is 12.1 Å². The third-order valence-corrected chi connectivity index (χ3v) is 9.81. The van der Waals surface area contributed by atoms with E-state index < -0.39 is 63.3 Å². The molecule has 0 aromatic heterocycles. The maximum absolute atomic E-state index is 16.6. The van der Waals surface area contributed by atoms with Crippen LogP contribution in [0.5, 0.6) is 0 Å². The van der Waals surface area contributed by atoms with Crippen molar-refractivity contribution in [1.29, 1.82) is 0 Å². The Morgan fingerprint density at radius 2 is 2.05 bits per heavy atom. The summed E-state index contributed by atoms with van der Waals surface area (Å²) in [6, 6.07) is 1.53. The van der Waals surface area contributed by atoms with Gasteiger partial charge in [0.05, 0.1) is 34.0 Å². The monoisotopic (exact) mass is 642 g/mol. The lowest BCUT2D eigenvalue weighted by Gasteiger charge is -2.41. The smallest absolute Gasteiger partial charge is 0.418 e. The highest BCUT2D eigenvalue weighted by atomic mass is 35.5. The number of nitrogens with two attached hydrogens (primary N) is 1. The number of hydrogen-bond donors (Lipinski definition) is 2. The summed E-state index contributed by atoms with van der Waals surface area (Å²) < 4.78 is 85.8. The predicted molar refractivity (Wildman–Crippen MR) is 153 cm³/mol. The average Bonchev–Trinajstić information content (AvgIpc) is 3.54. The maximum atomic E-state index is 16.6. The summed E-state index contributed by atoms with van der Waals surface area (Å²) in [4.78, 5) is 17.4. The van der Waals surface area contributed by atoms with E-state index in [0.29, 0.717) is 25.2 Å². The van der Waals surface area contributed by atoms with E-state index in [1.54, 1.807) is 6.92 Å². The van der Waals surface area contributed by atoms with Crippen molar-refractivity contribution < 1.29 is 36.5 Å². The Balaban J connectivity index is 1.34. The molecule has 0 saturated carbocycles. The van der Waals surface area contributed by atoms with Crippen molar-refractivity contribution in [3.05, 3.63) is 39.8 Å². The minimum Gasteiger partial charge on any atom is -0.461 e. The van der Waals surface area contributed by atoms with E-state index in [1.807, 2.05) is 4.90 Å². The molecule has 0 radical (unpaired) electrons. The van der Waals surface area contributed by atoms with Gasteiger partial charge < -0.3 is 25.2 Å². The van der Waals surface area contributed by atoms with Gasteiger partial charge in [0.2, 0.25) is 0 Å². The van der Waals surface area contributed by atoms with E-state index in [0.717, 1.165) is 31.5 Å². The molecular formula is C29H32ClF5N6O3. The van der Waals surface area contributed by atoms with Crippen LogP contribution in [0.3, 0.4) is 0 Å². The molecule has 44 heavy (non-hydrogen) atoms. The van der Waals surface area contributed by atoms with Crippen LogP contribution in [0.15, 0.2) is 38.6 Å². The summed E-state index contributed by atoms with van der Waals surface area (Å²) in [5, 5.41) is 10.3. The van der Waals surface area contributed by atoms with Crippen LogP contribution in [0.25, 0.3) is 0 Å². The molecule has 6 aliphatic heterocycles. The molecule has 1 aromatic carbocycles. The van der Waals surface area contributed by atoms with Gasteiger partial charge >= 0.3 is 12.2 Å². The molecule has 0 aliphatic carbocycles. The van der Waals surface area contributed by atoms with Crippen LogP contribution in [0.2, 0.25) is 5.02 Å². The zero-order chi connectivity index (χ0) is 31.2. The Morgan fingerprint density at radius 1 is 1.25 bits per heavy atom. The van der Waals surface area contributed by atoms with Gasteiger partial charge in [-0.05, 0) is 51.3 Å². The zero-order valence-corrected chi connectivity index (χ0v) is 24.6. The molecule has 1 aromatic rings. The molecule has 6 aliphatic rings. The third kappa shape index (κ3) is 4.97. The van der Waals surface area contributed by atoms with Crippen LogP contribution < -0.4 is 5.73 Å². The van der Waals surface area contributed by atoms with Crippen molar-refractivity contribution in [3.8, 4) is 0 Å². The summed E-state index contributed by atoms with van der Waals surface area (Å²) in [5.74, 6) is -1.84. The molecule has 0 amide bonds. The molecule has 0 spiro atoms. The van der Waals surface area contributed by atoms with Crippen molar-refractivity contribution in [1.82, 2.24) is 9.80 Å². The number of allylic oxidation sites excluding steroid dienone is 1. The van der Waals surface area contributed by atoms with Crippen LogP contribution in [-0.4, -0.2) is 94.9 Å². The molecule has 4 saturated heterocycles. The molecule has 6 atom stereocenters. The zero-order valence-electron chi connectivity index (χ0n) is 23.9. The first-order chi connectivity index (χ1) is 20.7. The van der Waals surface area contributed by atoms with Crippen molar-refractivity contribution >= 4 is 34.9 Å². The average molecular weight is 643 g/mol. The maximum Gasteiger partial charge on any atom is 0.418 e. The number of aliphatic hydroxyl groups is 1. The second kappa shape index (κ2) is 10.4. The second-order valence-corrected chi connectivity index (χ2v) is 13.2. The number of halogens is 6. The summed E-state index contributed by atoms with van der Waals surface area (Å²) >= 11 is 5.99. The minimum absolute atomic E-state index is 0.0632. The van der Waals surface area contributed by atoms with E-state index in [9.17, 15) is 22.7 Å². The van der Waals surface area contributed by atoms with E-state index in [2.05, 4.69) is 19.9 Å². The summed E-state index contributed by atoms with van der Waals surface area (Å²) in [6.07, 6.45) is -4.36. The Labute approximate surface area is 255 Å². The highest BCUT2D eigenvalue weighted by Crippen LogP contribution is 2.45. The van der Waals surface area contributed by atoms with Gasteiger partial charge in [-0.1, -0.05) is 11.6 Å². The number of fused-ring (bicyclic) bond motifs is 3. The van der Waals surface area contributed by atoms with Crippen LogP contribution >= 0.6 is 11.6 Å². The van der Waals surface area contributed by atoms with Gasteiger partial charge in [0.25, 0.3) is 0 Å². The quantitative estimate of drug-likeness (QED) is 0.372. The number of rotatable bonds is 3. The first kappa shape index (κ1) is 29.9. The Bertz CT molecular complexity index is 1510. The molecule has 238 valence electrons. The van der Waals surface area contributed by atoms with Crippen LogP contribution in [0.1, 0.15) is 50.2 Å². The largest absolute Gasteiger partial charge is 0.461 e. The lowest BCUT2D eigenvalue weighted by atomic mass is 9.90. The molecule has 0 bridgehead atoms. The molecule has 9 nitrogen and oxygen atoms in total. The Morgan fingerprint density at radius 3 is 2.82 bits per heavy atom. The molecule has 15 heteroatoms. The van der Waals surface area contributed by atoms with Crippen molar-refractivity contribution in [3.63, 3.8) is 0 Å². The third-order valence-electron chi connectivity index (χ3n) is 9.52. The number of benzene rings is 1. The van der Waals surface area contributed by atoms with E-state index in [-0.39, 0.29) is 49.6 Å². The van der Waals surface area contributed by atoms with Crippen molar-refractivity contribution in [2.45, 2.75) is 74.8 Å². The van der Waals surface area contributed by atoms with Gasteiger partial charge in [-0.15, -0.1) is 0 Å². The predicted octanol–water partition coefficient (Wildman–Crippen LogP) is 4.47. The molecule has 3 N–H and O–H groups in total. The number of nitrogen functional groups attached to an aromatic ring is 1. The number of ether oxygens (including phenoxy) is 2. The van der Waals surface area contributed by atoms with Gasteiger partial charge in [-0.2, -0.15) is 23.2 Å². The fourth-order valence-electron chi connectivity index (χ4n) is 7.72. The van der Waals surface area contributed by atoms with Gasteiger partial charge in [-0.3, -0.25) is 4.90 Å². The number of nitrogens with zero attached hydrogens (tertiary/aromatic N) is 5. The van der Waals surface area contributed by atoms with Gasteiger partial charge in [-0.25, -0.2) is 13.8 Å². The fourth-order valence-corrected chi connectivity index (χ4v) is 8.06. The first-order valence-electron chi connectivity index (χ1n) is 14.7. The SMILES string of the molecule is CC1(O)CC2CCOC3N=C(c4cc(N)cc(Cl)c4C(F)(F)F)C(F)=C4N=C(OC[C@@]56CCCN5C[C@H](F)C6)N=C(C43)N2C1. The lowest BCUT2D eigenvalue weighted by Crippen LogP contribution is -2.51. The fraction of sp³-hybridized carbons (Fsp3) is 0.621. The van der Waals surface area contributed by atoms with Crippen LogP contribution in [0.4, 0.5) is 27.6 Å². The first-order valence-corrected chi connectivity index (χ1v) is 15.1. The summed E-state index contributed by atoms with van der Waals surface area (Å²) in [5.41, 5.74) is 1.31. The van der Waals surface area contributed by atoms with Gasteiger partial charge in [0, 0.05) is 36.8 Å². The van der Waals surface area contributed by atoms with E-state index in [4.69, 9.17) is 26.8 Å². The highest BCUT2D eigenvalue weighted by molar-refractivity contribution is 6.32. The van der Waals surface area contributed by atoms with Crippen molar-refractivity contribution in [2.24, 2.45) is 20.9 Å². The Kier molecular flexibility index (Phi) is 7.03. The van der Waals surface area contributed by atoms with E-state index in [1.165, 1.54) is 0 Å². The number of amidine groups is 2. The van der Waals surface area contributed by atoms with Crippen molar-refractivity contribution in [2.75, 3.05) is 38.6 Å². The lowest BCUT2D eigenvalue weighted by molar-refractivity contribution is -0.137. The molecular weight excluding hydrogens is 611 g/mol. The minimum atomic E-state index is -4.95. The normalized spacial score (nSPS) is 35.4. The number of alkyl halides is 4. The number of dihydropyridines is 1. The van der Waals surface area contributed by atoms with Crippen LogP contribution in [-0.2, 0) is 15.7 Å². The summed E-state index contributed by atoms with van der Waals surface area (Å²) in [6.45, 7) is 3.14. The molecule has 4 fully saturated rings. The molecule has 4 unspecified atom stereocenters. The van der Waals surface area contributed by atoms with E-state index >= 15 is 4.39 Å². The molecule has 7 rings (SSSR count). The number of anilines is 1. The molecule has 6 heterocycles.